The maximum Gasteiger partial charge on any atom is 0.340 e. The molecule has 2 aromatic heterocycles. The number of carbonyl (C=O) groups excluding carboxylic acids is 1. The zero-order valence-corrected chi connectivity index (χ0v) is 12.1. The molecule has 9 nitrogen and oxygen atoms in total. The van der Waals surface area contributed by atoms with Crippen molar-refractivity contribution >= 4 is 25.7 Å². The van der Waals surface area contributed by atoms with Gasteiger partial charge in [0.05, 0.1) is 0 Å². The Morgan fingerprint density at radius 2 is 1.25 bits per heavy atom. The lowest BCUT2D eigenvalue weighted by atomic mass is 10.8. The van der Waals surface area contributed by atoms with Gasteiger partial charge in [-0.25, -0.2) is 40.7 Å². The molecule has 0 fully saturated rings. The summed E-state index contributed by atoms with van der Waals surface area (Å²) in [5.41, 5.74) is 0. The molecule has 0 amide bonds. The van der Waals surface area contributed by atoms with Crippen molar-refractivity contribution in [2.75, 3.05) is 12.5 Å². The van der Waals surface area contributed by atoms with E-state index in [9.17, 15) is 21.6 Å². The van der Waals surface area contributed by atoms with Crippen molar-refractivity contribution in [1.29, 1.82) is 0 Å². The summed E-state index contributed by atoms with van der Waals surface area (Å²) in [7, 11) is -7.45. The first kappa shape index (κ1) is 14.4. The first-order valence-electron chi connectivity index (χ1n) is 5.14. The minimum Gasteiger partial charge on any atom is -0.247 e. The highest BCUT2D eigenvalue weighted by molar-refractivity contribution is 7.90. The second-order valence-corrected chi connectivity index (χ2v) is 7.81. The molecule has 0 N–H and O–H groups in total. The van der Waals surface area contributed by atoms with Crippen LogP contribution in [0.3, 0.4) is 0 Å². The fourth-order valence-corrected chi connectivity index (χ4v) is 3.03. The van der Waals surface area contributed by atoms with Gasteiger partial charge in [0.2, 0.25) is 30.0 Å². The zero-order valence-electron chi connectivity index (χ0n) is 10.5. The first-order valence-corrected chi connectivity index (χ1v) is 8.92. The highest BCUT2D eigenvalue weighted by Gasteiger charge is 2.24. The maximum atomic E-state index is 12.2. The highest BCUT2D eigenvalue weighted by Crippen LogP contribution is 2.11. The predicted octanol–water partition coefficient (Wildman–Crippen LogP) is -0.597. The molecule has 0 radical (unpaired) electrons. The molecule has 0 saturated carbocycles. The molecule has 108 valence electrons. The van der Waals surface area contributed by atoms with Gasteiger partial charge in [0, 0.05) is 37.3 Å². The van der Waals surface area contributed by atoms with Gasteiger partial charge in [-0.3, -0.25) is 0 Å². The van der Waals surface area contributed by atoms with E-state index in [4.69, 9.17) is 0 Å². The van der Waals surface area contributed by atoms with E-state index >= 15 is 0 Å². The Bertz CT molecular complexity index is 803. The molecule has 0 unspecified atom stereocenters. The number of carbonyl (C=O) groups is 1. The summed E-state index contributed by atoms with van der Waals surface area (Å²) < 4.78 is 47.5. The molecule has 0 atom stereocenters. The third kappa shape index (κ3) is 2.49. The second kappa shape index (κ2) is 4.52. The minimum atomic E-state index is -3.73. The quantitative estimate of drug-likeness (QED) is 0.725. The Morgan fingerprint density at radius 3 is 1.55 bits per heavy atom. The Labute approximate surface area is 114 Å². The van der Waals surface area contributed by atoms with E-state index in [1.165, 1.54) is 0 Å². The van der Waals surface area contributed by atoms with Gasteiger partial charge in [-0.2, -0.15) is 0 Å². The third-order valence-corrected chi connectivity index (χ3v) is 4.22. The zero-order chi connectivity index (χ0) is 15.1. The number of imidazole rings is 2. The maximum absolute atomic E-state index is 12.2. The molecule has 0 spiro atoms. The van der Waals surface area contributed by atoms with Crippen LogP contribution in [0.2, 0.25) is 0 Å². The Kier molecular flexibility index (Phi) is 3.26. The van der Waals surface area contributed by atoms with E-state index in [2.05, 4.69) is 9.97 Å². The Morgan fingerprint density at radius 1 is 0.900 bits per heavy atom. The lowest BCUT2D eigenvalue weighted by molar-refractivity contribution is 0.239. The van der Waals surface area contributed by atoms with Crippen LogP contribution < -0.4 is 0 Å². The summed E-state index contributed by atoms with van der Waals surface area (Å²) in [6.07, 6.45) is 6.31. The van der Waals surface area contributed by atoms with Crippen LogP contribution in [-0.4, -0.2) is 54.5 Å². The summed E-state index contributed by atoms with van der Waals surface area (Å²) in [4.78, 5) is 19.4. The van der Waals surface area contributed by atoms with Crippen molar-refractivity contribution in [3.63, 3.8) is 0 Å². The van der Waals surface area contributed by atoms with Crippen molar-refractivity contribution in [2.45, 2.75) is 10.3 Å². The molecule has 0 aliphatic carbocycles. The van der Waals surface area contributed by atoms with Crippen LogP contribution in [0.1, 0.15) is 0 Å². The average Bonchev–Trinajstić information content (AvgIpc) is 2.95. The van der Waals surface area contributed by atoms with Crippen molar-refractivity contribution in [1.82, 2.24) is 19.1 Å². The van der Waals surface area contributed by atoms with Gasteiger partial charge in [-0.15, -0.1) is 0 Å². The van der Waals surface area contributed by atoms with Crippen LogP contribution in [0.4, 0.5) is 4.79 Å². The lowest BCUT2D eigenvalue weighted by Crippen LogP contribution is -2.24. The number of sulfone groups is 2. The van der Waals surface area contributed by atoms with Crippen LogP contribution in [-0.2, 0) is 19.7 Å². The second-order valence-electron chi connectivity index (χ2n) is 3.99. The molecule has 0 aromatic carbocycles. The molecule has 2 aromatic rings. The molecule has 0 aliphatic rings. The fraction of sp³-hybridized carbons (Fsp3) is 0.222. The van der Waals surface area contributed by atoms with Gasteiger partial charge < -0.3 is 0 Å². The average molecular weight is 318 g/mol. The van der Waals surface area contributed by atoms with Gasteiger partial charge in [0.15, 0.2) is 0 Å². The van der Waals surface area contributed by atoms with Crippen molar-refractivity contribution < 1.29 is 21.6 Å². The highest BCUT2D eigenvalue weighted by atomic mass is 32.2. The summed E-state index contributed by atoms with van der Waals surface area (Å²) in [5.74, 6) is 0. The molecule has 11 heteroatoms. The SMILES string of the molecule is CS(=O)(=O)c1nccn1C(=O)n1ccnc1S(C)(=O)=O. The Balaban J connectivity index is 2.61. The lowest BCUT2D eigenvalue weighted by Gasteiger charge is -2.07. The van der Waals surface area contributed by atoms with Crippen LogP contribution in [0.25, 0.3) is 0 Å². The van der Waals surface area contributed by atoms with Gasteiger partial charge in [0.25, 0.3) is 0 Å². The van der Waals surface area contributed by atoms with Crippen molar-refractivity contribution in [3.8, 4) is 0 Å². The van der Waals surface area contributed by atoms with Gasteiger partial charge >= 0.3 is 6.03 Å². The molecular formula is C9H10N4O5S2. The van der Waals surface area contributed by atoms with E-state index in [1.807, 2.05) is 0 Å². The Hall–Kier alpha value is -2.01. The van der Waals surface area contributed by atoms with Crippen LogP contribution in [0.15, 0.2) is 35.1 Å². The number of hydrogen-bond donors (Lipinski definition) is 0. The van der Waals surface area contributed by atoms with E-state index < -0.39 is 36.0 Å². The number of hydrogen-bond acceptors (Lipinski definition) is 7. The normalized spacial score (nSPS) is 12.5. The number of rotatable bonds is 2. The van der Waals surface area contributed by atoms with Gasteiger partial charge in [-0.1, -0.05) is 0 Å². The summed E-state index contributed by atoms with van der Waals surface area (Å²) in [6.45, 7) is 0. The topological polar surface area (TPSA) is 121 Å². The van der Waals surface area contributed by atoms with E-state index in [1.54, 1.807) is 0 Å². The molecule has 2 rings (SSSR count). The molecule has 2 heterocycles. The minimum absolute atomic E-state index is 0.476. The van der Waals surface area contributed by atoms with Crippen molar-refractivity contribution in [2.24, 2.45) is 0 Å². The standard InChI is InChI=1S/C9H10N4O5S2/c1-19(15,16)7-10-3-5-12(7)9(14)13-6-4-11-8(13)20(2,17)18/h3-6H,1-2H3. The van der Waals surface area contributed by atoms with Gasteiger partial charge in [-0.05, 0) is 0 Å². The molecule has 0 aliphatic heterocycles. The van der Waals surface area contributed by atoms with E-state index in [-0.39, 0.29) is 0 Å². The summed E-state index contributed by atoms with van der Waals surface area (Å²) in [5, 5.41) is -0.952. The van der Waals surface area contributed by atoms with Gasteiger partial charge in [0.1, 0.15) is 0 Å². The fourth-order valence-electron chi connectivity index (χ4n) is 1.54. The monoisotopic (exact) mass is 318 g/mol. The van der Waals surface area contributed by atoms with Crippen molar-refractivity contribution in [3.05, 3.63) is 24.8 Å². The molecular weight excluding hydrogens is 308 g/mol. The largest absolute Gasteiger partial charge is 0.340 e. The summed E-state index contributed by atoms with van der Waals surface area (Å²) in [6, 6.07) is -0.902. The smallest absolute Gasteiger partial charge is 0.247 e. The third-order valence-electron chi connectivity index (χ3n) is 2.29. The van der Waals surface area contributed by atoms with E-state index in [0.717, 1.165) is 46.4 Å². The van der Waals surface area contributed by atoms with E-state index in [0.29, 0.717) is 0 Å². The number of aromatic nitrogens is 4. The molecule has 20 heavy (non-hydrogen) atoms. The van der Waals surface area contributed by atoms with Crippen LogP contribution >= 0.6 is 0 Å². The number of nitrogens with zero attached hydrogens (tertiary/aromatic N) is 4. The molecule has 0 bridgehead atoms. The predicted molar refractivity (Wildman–Crippen MR) is 66.9 cm³/mol. The van der Waals surface area contributed by atoms with Crippen LogP contribution in [0, 0.1) is 0 Å². The molecule has 0 saturated heterocycles. The van der Waals surface area contributed by atoms with Crippen LogP contribution in [0.5, 0.6) is 0 Å². The summed E-state index contributed by atoms with van der Waals surface area (Å²) >= 11 is 0. The first-order chi connectivity index (χ1) is 9.12.